The van der Waals surface area contributed by atoms with Crippen molar-refractivity contribution in [1.82, 2.24) is 14.3 Å². The van der Waals surface area contributed by atoms with Crippen molar-refractivity contribution in [3.8, 4) is 0 Å². The Morgan fingerprint density at radius 3 is 2.73 bits per heavy atom. The number of hydrogen-bond donors (Lipinski definition) is 4. The van der Waals surface area contributed by atoms with Gasteiger partial charge < -0.3 is 21.4 Å². The van der Waals surface area contributed by atoms with Crippen LogP contribution in [0, 0.1) is 17.1 Å². The number of nitrogens with one attached hydrogen (secondary N) is 4. The van der Waals surface area contributed by atoms with Gasteiger partial charge in [0.1, 0.15) is 6.33 Å². The summed E-state index contributed by atoms with van der Waals surface area (Å²) in [5.74, 6) is 0.497. The van der Waals surface area contributed by atoms with Crippen LogP contribution in [0.2, 0.25) is 0 Å². The molecule has 1 fully saturated rings. The number of allylic oxidation sites excluding steroid dienone is 1. The molecular weight excluding hydrogens is 401 g/mol. The molecule has 2 heterocycles. The molecule has 0 amide bonds. The quantitative estimate of drug-likeness (QED) is 0.332. The van der Waals surface area contributed by atoms with Crippen molar-refractivity contribution in [2.75, 3.05) is 41.8 Å². The minimum atomic E-state index is -0.456. The molecule has 2 aromatic rings. The van der Waals surface area contributed by atoms with Crippen molar-refractivity contribution < 1.29 is 4.39 Å². The third kappa shape index (κ3) is 6.43. The first-order valence-corrected chi connectivity index (χ1v) is 11.2. The molecule has 0 unspecified atom stereocenters. The maximum absolute atomic E-state index is 14.8. The summed E-state index contributed by atoms with van der Waals surface area (Å²) in [6.45, 7) is 3.28. The number of aromatic nitrogens is 2. The molecule has 0 aliphatic carbocycles. The molecule has 160 valence electrons. The van der Waals surface area contributed by atoms with Crippen molar-refractivity contribution in [2.45, 2.75) is 19.4 Å². The van der Waals surface area contributed by atoms with Crippen LogP contribution < -0.4 is 16.0 Å². The van der Waals surface area contributed by atoms with E-state index in [9.17, 15) is 4.39 Å². The van der Waals surface area contributed by atoms with Gasteiger partial charge in [-0.15, -0.1) is 0 Å². The van der Waals surface area contributed by atoms with Crippen LogP contribution in [0.25, 0.3) is 0 Å². The van der Waals surface area contributed by atoms with Gasteiger partial charge in [-0.05, 0) is 48.8 Å². The fourth-order valence-electron chi connectivity index (χ4n) is 3.30. The van der Waals surface area contributed by atoms with Gasteiger partial charge >= 0.3 is 0 Å². The van der Waals surface area contributed by atoms with Gasteiger partial charge in [0.2, 0.25) is 5.82 Å². The molecule has 4 N–H and O–H groups in total. The van der Waals surface area contributed by atoms with Crippen LogP contribution in [0.15, 0.2) is 42.9 Å². The molecule has 9 heteroatoms. The van der Waals surface area contributed by atoms with Gasteiger partial charge in [0.05, 0.1) is 0 Å². The second kappa shape index (κ2) is 11.5. The van der Waals surface area contributed by atoms with Gasteiger partial charge in [0, 0.05) is 44.3 Å². The normalized spacial score (nSPS) is 15.3. The molecular formula is C21H28FN7S. The molecule has 0 atom stereocenters. The number of anilines is 3. The van der Waals surface area contributed by atoms with E-state index in [0.29, 0.717) is 19.0 Å². The Kier molecular flexibility index (Phi) is 8.46. The van der Waals surface area contributed by atoms with Crippen LogP contribution >= 0.6 is 11.9 Å². The lowest BCUT2D eigenvalue weighted by molar-refractivity contribution is 0.301. The highest BCUT2D eigenvalue weighted by Gasteiger charge is 2.19. The van der Waals surface area contributed by atoms with Crippen molar-refractivity contribution >= 4 is 35.5 Å². The average molecular weight is 430 g/mol. The van der Waals surface area contributed by atoms with Gasteiger partial charge in [0.15, 0.2) is 11.6 Å². The van der Waals surface area contributed by atoms with Crippen molar-refractivity contribution in [1.29, 1.82) is 5.41 Å². The molecule has 0 saturated carbocycles. The molecule has 1 aliphatic rings. The molecule has 0 radical (unpaired) electrons. The highest BCUT2D eigenvalue weighted by Crippen LogP contribution is 2.23. The number of benzene rings is 1. The molecule has 30 heavy (non-hydrogen) atoms. The predicted molar refractivity (Wildman–Crippen MR) is 124 cm³/mol. The van der Waals surface area contributed by atoms with Gasteiger partial charge in [-0.3, -0.25) is 4.31 Å². The SMILES string of the molecule is CSN1CCC(CNc2ncnc(NCc3cccc(N/C=C\C=N)c3)c2F)CC1. The van der Waals surface area contributed by atoms with Crippen LogP contribution in [0.4, 0.5) is 21.7 Å². The zero-order valence-electron chi connectivity index (χ0n) is 17.1. The van der Waals surface area contributed by atoms with Crippen LogP contribution in [-0.2, 0) is 6.54 Å². The molecule has 0 bridgehead atoms. The Morgan fingerprint density at radius 2 is 2.00 bits per heavy atom. The van der Waals surface area contributed by atoms with E-state index in [0.717, 1.165) is 37.2 Å². The number of rotatable bonds is 10. The minimum absolute atomic E-state index is 0.187. The van der Waals surface area contributed by atoms with E-state index in [1.807, 2.05) is 24.3 Å². The topological polar surface area (TPSA) is 89.0 Å². The standard InChI is InChI=1S/C21H28FN7S/c1-30-29-10-6-16(7-11-29)13-25-20-19(22)21(28-15-27-20)26-14-17-4-2-5-18(12-17)24-9-3-8-23/h2-5,8-9,12,15-16,23-24H,6-7,10-11,13-14H2,1H3,(H2,25,26,27,28)/b9-3-,23-8?. The van der Waals surface area contributed by atoms with Gasteiger partial charge in [-0.2, -0.15) is 4.39 Å². The van der Waals surface area contributed by atoms with E-state index >= 15 is 0 Å². The number of nitrogens with zero attached hydrogens (tertiary/aromatic N) is 3. The van der Waals surface area contributed by atoms with Crippen molar-refractivity contribution in [3.63, 3.8) is 0 Å². The molecule has 7 nitrogen and oxygen atoms in total. The van der Waals surface area contributed by atoms with E-state index in [1.165, 1.54) is 12.5 Å². The Morgan fingerprint density at radius 1 is 1.23 bits per heavy atom. The lowest BCUT2D eigenvalue weighted by Crippen LogP contribution is -2.31. The van der Waals surface area contributed by atoms with Crippen LogP contribution in [0.1, 0.15) is 18.4 Å². The molecule has 3 rings (SSSR count). The largest absolute Gasteiger partial charge is 0.367 e. The monoisotopic (exact) mass is 429 g/mol. The van der Waals surface area contributed by atoms with E-state index in [2.05, 4.69) is 36.5 Å². The fourth-order valence-corrected chi connectivity index (χ4v) is 3.88. The van der Waals surface area contributed by atoms with E-state index in [1.54, 1.807) is 24.2 Å². The number of halogens is 1. The van der Waals surface area contributed by atoms with Crippen molar-refractivity contribution in [2.24, 2.45) is 5.92 Å². The maximum atomic E-state index is 14.8. The van der Waals surface area contributed by atoms with E-state index < -0.39 is 5.82 Å². The first-order chi connectivity index (χ1) is 14.7. The number of hydrogen-bond acceptors (Lipinski definition) is 8. The third-order valence-electron chi connectivity index (χ3n) is 5.01. The average Bonchev–Trinajstić information content (AvgIpc) is 2.78. The van der Waals surface area contributed by atoms with Crippen LogP contribution in [-0.4, -0.2) is 46.4 Å². The first kappa shape index (κ1) is 22.0. The van der Waals surface area contributed by atoms with E-state index in [4.69, 9.17) is 5.41 Å². The van der Waals surface area contributed by atoms with Crippen LogP contribution in [0.3, 0.4) is 0 Å². The number of piperidine rings is 1. The third-order valence-corrected chi connectivity index (χ3v) is 5.89. The lowest BCUT2D eigenvalue weighted by atomic mass is 9.98. The summed E-state index contributed by atoms with van der Waals surface area (Å²) in [7, 11) is 0. The summed E-state index contributed by atoms with van der Waals surface area (Å²) in [5, 5.41) is 16.3. The molecule has 1 saturated heterocycles. The van der Waals surface area contributed by atoms with E-state index in [-0.39, 0.29) is 11.6 Å². The van der Waals surface area contributed by atoms with Gasteiger partial charge in [-0.25, -0.2) is 9.97 Å². The second-order valence-electron chi connectivity index (χ2n) is 7.04. The van der Waals surface area contributed by atoms with Gasteiger partial charge in [-0.1, -0.05) is 24.1 Å². The second-order valence-corrected chi connectivity index (χ2v) is 7.93. The Bertz CT molecular complexity index is 853. The summed E-state index contributed by atoms with van der Waals surface area (Å²) in [6.07, 6.45) is 10.2. The molecule has 0 spiro atoms. The molecule has 1 aromatic carbocycles. The van der Waals surface area contributed by atoms with Crippen LogP contribution in [0.5, 0.6) is 0 Å². The summed E-state index contributed by atoms with van der Waals surface area (Å²) in [4.78, 5) is 8.13. The van der Waals surface area contributed by atoms with Gasteiger partial charge in [0.25, 0.3) is 0 Å². The Balaban J connectivity index is 1.54. The summed E-state index contributed by atoms with van der Waals surface area (Å²) < 4.78 is 17.2. The highest BCUT2D eigenvalue weighted by atomic mass is 32.2. The predicted octanol–water partition coefficient (Wildman–Crippen LogP) is 4.20. The smallest absolute Gasteiger partial charge is 0.207 e. The minimum Gasteiger partial charge on any atom is -0.367 e. The Labute approximate surface area is 181 Å². The zero-order chi connectivity index (χ0) is 21.2. The summed E-state index contributed by atoms with van der Waals surface area (Å²) in [6, 6.07) is 7.76. The Hall–Kier alpha value is -2.65. The van der Waals surface area contributed by atoms with Crippen molar-refractivity contribution in [3.05, 3.63) is 54.2 Å². The highest BCUT2D eigenvalue weighted by molar-refractivity contribution is 7.96. The zero-order valence-corrected chi connectivity index (χ0v) is 17.9. The molecule has 1 aromatic heterocycles. The fraction of sp³-hybridized carbons (Fsp3) is 0.381. The molecule has 1 aliphatic heterocycles. The summed E-state index contributed by atoms with van der Waals surface area (Å²) >= 11 is 1.78. The summed E-state index contributed by atoms with van der Waals surface area (Å²) in [5.41, 5.74) is 1.88. The maximum Gasteiger partial charge on any atom is 0.207 e. The first-order valence-electron chi connectivity index (χ1n) is 9.98. The lowest BCUT2D eigenvalue weighted by Gasteiger charge is -2.30.